The number of aromatic nitrogens is 3. The second kappa shape index (κ2) is 7.64. The van der Waals surface area contributed by atoms with Crippen molar-refractivity contribution in [2.75, 3.05) is 10.6 Å². The van der Waals surface area contributed by atoms with E-state index in [1.54, 1.807) is 12.1 Å². The topological polar surface area (TPSA) is 126 Å². The quantitative estimate of drug-likeness (QED) is 0.438. The summed E-state index contributed by atoms with van der Waals surface area (Å²) >= 11 is 0. The number of hydrogen-bond acceptors (Lipinski definition) is 7. The lowest BCUT2D eigenvalue weighted by molar-refractivity contribution is -0.603. The molecule has 0 unspecified atom stereocenters. The fourth-order valence-electron chi connectivity index (χ4n) is 5.34. The van der Waals surface area contributed by atoms with E-state index in [1.165, 1.54) is 6.33 Å². The molecule has 164 valence electrons. The molecule has 2 aromatic heterocycles. The average Bonchev–Trinajstić information content (AvgIpc) is 3.27. The first-order valence-corrected chi connectivity index (χ1v) is 11.1. The predicted molar refractivity (Wildman–Crippen MR) is 115 cm³/mol. The van der Waals surface area contributed by atoms with E-state index < -0.39 is 5.54 Å². The Morgan fingerprint density at radius 2 is 1.97 bits per heavy atom. The van der Waals surface area contributed by atoms with Gasteiger partial charge in [-0.2, -0.15) is 4.98 Å². The Morgan fingerprint density at radius 3 is 2.71 bits per heavy atom. The maximum atomic E-state index is 13.4. The lowest BCUT2D eigenvalue weighted by Crippen LogP contribution is -2.49. The van der Waals surface area contributed by atoms with Crippen LogP contribution in [0.1, 0.15) is 73.0 Å². The molecule has 2 atom stereocenters. The van der Waals surface area contributed by atoms with Gasteiger partial charge in [-0.05, 0) is 44.6 Å². The maximum Gasteiger partial charge on any atom is 0.284 e. The van der Waals surface area contributed by atoms with Crippen molar-refractivity contribution in [3.05, 3.63) is 40.5 Å². The van der Waals surface area contributed by atoms with Crippen LogP contribution in [-0.2, 0) is 5.54 Å². The van der Waals surface area contributed by atoms with Gasteiger partial charge < -0.3 is 20.9 Å². The fourth-order valence-corrected chi connectivity index (χ4v) is 5.34. The van der Waals surface area contributed by atoms with Crippen molar-refractivity contribution < 1.29 is 14.6 Å². The Balaban J connectivity index is 1.44. The standard InChI is InChI=1S/C22H28N6O3/c1-13-9-18(26-17-11-16(23-12-24-17)25-14-5-6-15(29)10-14)28(31)20-19(13)21(30)27-22(20)7-3-2-4-8-22/h9,11-12,14-15,29H,2-8,10H2,1H3,(H,27,30)(H2,23,24,25,26)/t14-,15+/m0/s1. The van der Waals surface area contributed by atoms with E-state index >= 15 is 0 Å². The van der Waals surface area contributed by atoms with Crippen LogP contribution in [0.5, 0.6) is 0 Å². The molecule has 2 aliphatic carbocycles. The first kappa shape index (κ1) is 20.0. The summed E-state index contributed by atoms with van der Waals surface area (Å²) in [5.74, 6) is 1.33. The van der Waals surface area contributed by atoms with Gasteiger partial charge in [0, 0.05) is 18.2 Å². The SMILES string of the molecule is Cc1cc(Nc2cc(N[C@H]3CC[C@@H](O)C3)ncn2)[n+]([O-])c2c1C(=O)NC21CCCCC1. The van der Waals surface area contributed by atoms with Crippen LogP contribution in [0.2, 0.25) is 0 Å². The molecular weight excluding hydrogens is 396 g/mol. The number of nitrogens with one attached hydrogen (secondary N) is 3. The Hall–Kier alpha value is -2.94. The van der Waals surface area contributed by atoms with Gasteiger partial charge in [-0.1, -0.05) is 19.3 Å². The Bertz CT molecular complexity index is 1020. The number of pyridine rings is 1. The van der Waals surface area contributed by atoms with Gasteiger partial charge in [-0.25, -0.2) is 15.0 Å². The van der Waals surface area contributed by atoms with Crippen LogP contribution in [0, 0.1) is 12.1 Å². The highest BCUT2D eigenvalue weighted by Gasteiger charge is 2.48. The van der Waals surface area contributed by atoms with Crippen LogP contribution in [-0.4, -0.2) is 33.1 Å². The van der Waals surface area contributed by atoms with Gasteiger partial charge in [-0.3, -0.25) is 4.79 Å². The van der Waals surface area contributed by atoms with Crippen LogP contribution in [0.25, 0.3) is 0 Å². The summed E-state index contributed by atoms with van der Waals surface area (Å²) in [5.41, 5.74) is 1.24. The summed E-state index contributed by atoms with van der Waals surface area (Å²) in [6, 6.07) is 3.63. The smallest absolute Gasteiger partial charge is 0.284 e. The van der Waals surface area contributed by atoms with E-state index in [-0.39, 0.29) is 18.1 Å². The number of aryl methyl sites for hydroxylation is 1. The van der Waals surface area contributed by atoms with Gasteiger partial charge in [0.2, 0.25) is 5.82 Å². The Kier molecular flexibility index (Phi) is 4.92. The van der Waals surface area contributed by atoms with Crippen LogP contribution >= 0.6 is 0 Å². The molecule has 31 heavy (non-hydrogen) atoms. The number of aliphatic hydroxyl groups excluding tert-OH is 1. The van der Waals surface area contributed by atoms with Crippen LogP contribution in [0.3, 0.4) is 0 Å². The molecule has 3 heterocycles. The van der Waals surface area contributed by atoms with Gasteiger partial charge in [0.1, 0.15) is 23.4 Å². The van der Waals surface area contributed by atoms with Crippen molar-refractivity contribution >= 4 is 23.4 Å². The third kappa shape index (κ3) is 3.56. The molecule has 0 radical (unpaired) electrons. The Morgan fingerprint density at radius 1 is 1.19 bits per heavy atom. The minimum atomic E-state index is -0.573. The van der Waals surface area contributed by atoms with Gasteiger partial charge >= 0.3 is 0 Å². The second-order valence-electron chi connectivity index (χ2n) is 9.05. The summed E-state index contributed by atoms with van der Waals surface area (Å²) in [6.07, 6.45) is 8.22. The van der Waals surface area contributed by atoms with E-state index in [9.17, 15) is 15.1 Å². The molecule has 9 heteroatoms. The number of hydrogen-bond donors (Lipinski definition) is 4. The number of fused-ring (bicyclic) bond motifs is 2. The van der Waals surface area contributed by atoms with Crippen molar-refractivity contribution in [3.8, 4) is 0 Å². The molecule has 0 aromatic carbocycles. The van der Waals surface area contributed by atoms with Crippen LogP contribution in [0.4, 0.5) is 17.5 Å². The lowest BCUT2D eigenvalue weighted by Gasteiger charge is -2.34. The van der Waals surface area contributed by atoms with E-state index in [0.717, 1.165) is 55.2 Å². The Labute approximate surface area is 180 Å². The minimum Gasteiger partial charge on any atom is -0.710 e. The summed E-state index contributed by atoms with van der Waals surface area (Å²) in [7, 11) is 0. The highest BCUT2D eigenvalue weighted by molar-refractivity contribution is 6.00. The lowest BCUT2D eigenvalue weighted by atomic mass is 9.79. The minimum absolute atomic E-state index is 0.155. The van der Waals surface area contributed by atoms with E-state index in [4.69, 9.17) is 0 Å². The van der Waals surface area contributed by atoms with E-state index in [0.29, 0.717) is 35.1 Å². The zero-order valence-corrected chi connectivity index (χ0v) is 17.6. The number of aliphatic hydroxyl groups is 1. The fraction of sp³-hybridized carbons (Fsp3) is 0.545. The molecule has 5 rings (SSSR count). The van der Waals surface area contributed by atoms with Crippen LogP contribution < -0.4 is 20.7 Å². The van der Waals surface area contributed by atoms with Crippen LogP contribution in [0.15, 0.2) is 18.5 Å². The van der Waals surface area contributed by atoms with Crippen molar-refractivity contribution in [2.24, 2.45) is 0 Å². The van der Waals surface area contributed by atoms with Crippen molar-refractivity contribution in [2.45, 2.75) is 76.0 Å². The third-order valence-corrected chi connectivity index (χ3v) is 6.83. The van der Waals surface area contributed by atoms with E-state index in [1.807, 2.05) is 6.92 Å². The zero-order chi connectivity index (χ0) is 21.6. The average molecular weight is 425 g/mol. The molecular formula is C22H28N6O3. The number of rotatable bonds is 4. The predicted octanol–water partition coefficient (Wildman–Crippen LogP) is 2.39. The monoisotopic (exact) mass is 424 g/mol. The normalized spacial score (nSPS) is 24.1. The molecule has 2 fully saturated rings. The number of carbonyl (C=O) groups is 1. The van der Waals surface area contributed by atoms with Crippen molar-refractivity contribution in [3.63, 3.8) is 0 Å². The van der Waals surface area contributed by atoms with Gasteiger partial charge in [0.25, 0.3) is 11.7 Å². The molecule has 0 saturated heterocycles. The molecule has 3 aliphatic rings. The highest BCUT2D eigenvalue weighted by atomic mass is 16.5. The molecule has 2 saturated carbocycles. The first-order valence-electron chi connectivity index (χ1n) is 11.1. The van der Waals surface area contributed by atoms with Gasteiger partial charge in [0.05, 0.1) is 11.7 Å². The molecule has 9 nitrogen and oxygen atoms in total. The first-order chi connectivity index (χ1) is 14.9. The largest absolute Gasteiger partial charge is 0.710 e. The molecule has 0 bridgehead atoms. The third-order valence-electron chi connectivity index (χ3n) is 6.83. The van der Waals surface area contributed by atoms with Gasteiger partial charge in [-0.15, -0.1) is 0 Å². The second-order valence-corrected chi connectivity index (χ2v) is 9.05. The number of carbonyl (C=O) groups excluding carboxylic acids is 1. The number of nitrogens with zero attached hydrogens (tertiary/aromatic N) is 3. The molecule has 4 N–H and O–H groups in total. The highest BCUT2D eigenvalue weighted by Crippen LogP contribution is 2.42. The van der Waals surface area contributed by atoms with Crippen molar-refractivity contribution in [1.29, 1.82) is 0 Å². The van der Waals surface area contributed by atoms with E-state index in [2.05, 4.69) is 25.9 Å². The van der Waals surface area contributed by atoms with Crippen molar-refractivity contribution in [1.82, 2.24) is 15.3 Å². The molecule has 1 aliphatic heterocycles. The zero-order valence-electron chi connectivity index (χ0n) is 17.6. The summed E-state index contributed by atoms with van der Waals surface area (Å²) in [5, 5.41) is 32.7. The summed E-state index contributed by atoms with van der Waals surface area (Å²) in [6.45, 7) is 1.86. The number of anilines is 3. The molecule has 1 spiro atoms. The summed E-state index contributed by atoms with van der Waals surface area (Å²) in [4.78, 5) is 21.2. The molecule has 2 aromatic rings. The maximum absolute atomic E-state index is 13.4. The summed E-state index contributed by atoms with van der Waals surface area (Å²) < 4.78 is 0.869. The molecule has 1 amide bonds. The number of amides is 1. The van der Waals surface area contributed by atoms with Gasteiger partial charge in [0.15, 0.2) is 0 Å².